The van der Waals surface area contributed by atoms with Crippen LogP contribution in [0.15, 0.2) is 69.6 Å². The van der Waals surface area contributed by atoms with Crippen LogP contribution < -0.4 is 16.6 Å². The van der Waals surface area contributed by atoms with Crippen molar-refractivity contribution in [3.8, 4) is 5.69 Å². The highest BCUT2D eigenvalue weighted by atomic mass is 32.1. The molecule has 2 aromatic carbocycles. The normalized spacial score (nSPS) is 11.2. The van der Waals surface area contributed by atoms with Crippen molar-refractivity contribution in [1.29, 1.82) is 0 Å². The molecule has 1 N–H and O–H groups in total. The van der Waals surface area contributed by atoms with Crippen LogP contribution in [-0.4, -0.2) is 15.0 Å². The Balaban J connectivity index is 1.73. The first-order valence-corrected chi connectivity index (χ1v) is 10.6. The Morgan fingerprint density at radius 3 is 2.45 bits per heavy atom. The molecule has 0 spiro atoms. The number of benzene rings is 2. The molecule has 0 atom stereocenters. The van der Waals surface area contributed by atoms with E-state index in [4.69, 9.17) is 0 Å². The topological polar surface area (TPSA) is 73.1 Å². The zero-order valence-corrected chi connectivity index (χ0v) is 17.8. The van der Waals surface area contributed by atoms with E-state index in [-0.39, 0.29) is 16.9 Å². The van der Waals surface area contributed by atoms with Gasteiger partial charge >= 0.3 is 5.69 Å². The summed E-state index contributed by atoms with van der Waals surface area (Å²) < 4.78 is 16.6. The summed E-state index contributed by atoms with van der Waals surface area (Å²) >= 11 is 1.14. The number of nitrogens with zero attached hydrogens (tertiary/aromatic N) is 2. The van der Waals surface area contributed by atoms with Crippen LogP contribution in [0.5, 0.6) is 0 Å². The average Bonchev–Trinajstić information content (AvgIpc) is 3.23. The Hall–Kier alpha value is -3.52. The fourth-order valence-electron chi connectivity index (χ4n) is 3.38. The lowest BCUT2D eigenvalue weighted by Crippen LogP contribution is -2.40. The molecule has 1 amide bonds. The van der Waals surface area contributed by atoms with Crippen LogP contribution in [0.3, 0.4) is 0 Å². The number of halogens is 1. The third kappa shape index (κ3) is 3.94. The Bertz CT molecular complexity index is 1380. The smallest absolute Gasteiger partial charge is 0.325 e. The van der Waals surface area contributed by atoms with Gasteiger partial charge in [0.05, 0.1) is 11.2 Å². The average molecular weight is 437 g/mol. The number of aromatic nitrogens is 2. The van der Waals surface area contributed by atoms with Gasteiger partial charge in [-0.3, -0.25) is 14.2 Å². The van der Waals surface area contributed by atoms with E-state index in [1.807, 2.05) is 12.1 Å². The summed E-state index contributed by atoms with van der Waals surface area (Å²) in [5.41, 5.74) is 0.564. The van der Waals surface area contributed by atoms with Gasteiger partial charge in [-0.25, -0.2) is 13.8 Å². The highest BCUT2D eigenvalue weighted by Crippen LogP contribution is 2.19. The lowest BCUT2D eigenvalue weighted by atomic mass is 10.0. The van der Waals surface area contributed by atoms with Gasteiger partial charge in [0.25, 0.3) is 5.56 Å². The van der Waals surface area contributed by atoms with E-state index in [0.29, 0.717) is 17.1 Å². The summed E-state index contributed by atoms with van der Waals surface area (Å²) in [4.78, 5) is 38.7. The number of carbonyl (C=O) groups is 1. The first kappa shape index (κ1) is 20.7. The van der Waals surface area contributed by atoms with E-state index in [1.165, 1.54) is 22.8 Å². The molecule has 0 unspecified atom stereocenters. The number of para-hydroxylation sites is 1. The summed E-state index contributed by atoms with van der Waals surface area (Å²) in [6, 6.07) is 14.6. The predicted octanol–water partition coefficient (Wildman–Crippen LogP) is 4.12. The zero-order chi connectivity index (χ0) is 22.1. The van der Waals surface area contributed by atoms with E-state index in [1.54, 1.807) is 29.6 Å². The molecule has 0 fully saturated rings. The van der Waals surface area contributed by atoms with Crippen LogP contribution in [0.1, 0.15) is 25.3 Å². The van der Waals surface area contributed by atoms with Crippen molar-refractivity contribution in [1.82, 2.24) is 9.13 Å². The highest BCUT2D eigenvalue weighted by Gasteiger charge is 2.19. The SMILES string of the molecule is CC(C)c1ccc(NC(=O)Cn2c(=O)n(-c3ccccc3F)c(=O)c3sccc32)cc1. The monoisotopic (exact) mass is 437 g/mol. The molecule has 0 radical (unpaired) electrons. The molecule has 0 aliphatic heterocycles. The summed E-state index contributed by atoms with van der Waals surface area (Å²) in [5.74, 6) is -0.751. The fraction of sp³-hybridized carbons (Fsp3) is 0.174. The number of rotatable bonds is 5. The maximum atomic E-state index is 14.3. The second-order valence-corrected chi connectivity index (χ2v) is 8.34. The van der Waals surface area contributed by atoms with Gasteiger partial charge in [0.1, 0.15) is 17.1 Å². The Morgan fingerprint density at radius 1 is 1.06 bits per heavy atom. The standard InChI is InChI=1S/C23H20FN3O3S/c1-14(2)15-7-9-16(10-8-15)25-20(28)13-26-19-11-12-31-21(19)22(29)27(23(26)30)18-6-4-3-5-17(18)24/h3-12,14H,13H2,1-2H3,(H,25,28). The molecule has 158 valence electrons. The molecule has 2 aromatic heterocycles. The first-order valence-electron chi connectivity index (χ1n) is 9.74. The van der Waals surface area contributed by atoms with Gasteiger partial charge in [-0.2, -0.15) is 0 Å². The number of amides is 1. The number of thiophene rings is 1. The molecule has 4 rings (SSSR count). The lowest BCUT2D eigenvalue weighted by molar-refractivity contribution is -0.116. The van der Waals surface area contributed by atoms with Crippen molar-refractivity contribution < 1.29 is 9.18 Å². The first-order chi connectivity index (χ1) is 14.9. The summed E-state index contributed by atoms with van der Waals surface area (Å²) in [5, 5.41) is 4.43. The quantitative estimate of drug-likeness (QED) is 0.511. The van der Waals surface area contributed by atoms with Gasteiger partial charge < -0.3 is 5.32 Å². The van der Waals surface area contributed by atoms with E-state index in [9.17, 15) is 18.8 Å². The third-order valence-electron chi connectivity index (χ3n) is 5.01. The number of hydrogen-bond acceptors (Lipinski definition) is 4. The number of carbonyl (C=O) groups excluding carboxylic acids is 1. The van der Waals surface area contributed by atoms with Crippen molar-refractivity contribution in [3.05, 3.63) is 92.2 Å². The molecular formula is C23H20FN3O3S. The number of hydrogen-bond donors (Lipinski definition) is 1. The Morgan fingerprint density at radius 2 is 1.77 bits per heavy atom. The summed E-state index contributed by atoms with van der Waals surface area (Å²) in [7, 11) is 0. The summed E-state index contributed by atoms with van der Waals surface area (Å²) in [6.07, 6.45) is 0. The highest BCUT2D eigenvalue weighted by molar-refractivity contribution is 7.17. The fourth-order valence-corrected chi connectivity index (χ4v) is 4.21. The minimum absolute atomic E-state index is 0.147. The van der Waals surface area contributed by atoms with Gasteiger partial charge in [0.2, 0.25) is 5.91 Å². The predicted molar refractivity (Wildman–Crippen MR) is 121 cm³/mol. The van der Waals surface area contributed by atoms with Crippen LogP contribution in [0.25, 0.3) is 15.9 Å². The van der Waals surface area contributed by atoms with E-state index in [2.05, 4.69) is 19.2 Å². The molecule has 4 aromatic rings. The molecule has 0 aliphatic rings. The van der Waals surface area contributed by atoms with Crippen LogP contribution in [0.4, 0.5) is 10.1 Å². The van der Waals surface area contributed by atoms with Crippen LogP contribution in [0, 0.1) is 5.82 Å². The molecule has 0 aliphatic carbocycles. The zero-order valence-electron chi connectivity index (χ0n) is 17.0. The van der Waals surface area contributed by atoms with Crippen molar-refractivity contribution in [2.45, 2.75) is 26.3 Å². The van der Waals surface area contributed by atoms with Gasteiger partial charge in [-0.05, 0) is 47.2 Å². The summed E-state index contributed by atoms with van der Waals surface area (Å²) in [6.45, 7) is 3.85. The Kier molecular flexibility index (Phi) is 5.56. The lowest BCUT2D eigenvalue weighted by Gasteiger charge is -2.13. The Labute approximate surface area is 181 Å². The van der Waals surface area contributed by atoms with Crippen LogP contribution in [0.2, 0.25) is 0 Å². The molecule has 0 saturated heterocycles. The van der Waals surface area contributed by atoms with Crippen LogP contribution >= 0.6 is 11.3 Å². The molecule has 6 nitrogen and oxygen atoms in total. The van der Waals surface area contributed by atoms with E-state index in [0.717, 1.165) is 21.5 Å². The molecular weight excluding hydrogens is 417 g/mol. The number of nitrogens with one attached hydrogen (secondary N) is 1. The maximum absolute atomic E-state index is 14.3. The second kappa shape index (κ2) is 8.31. The number of fused-ring (bicyclic) bond motifs is 1. The largest absolute Gasteiger partial charge is 0.336 e. The molecule has 0 bridgehead atoms. The van der Waals surface area contributed by atoms with Crippen LogP contribution in [-0.2, 0) is 11.3 Å². The van der Waals surface area contributed by atoms with Crippen molar-refractivity contribution >= 4 is 33.1 Å². The van der Waals surface area contributed by atoms with E-state index < -0.39 is 23.0 Å². The van der Waals surface area contributed by atoms with Gasteiger partial charge in [0, 0.05) is 5.69 Å². The molecule has 0 saturated carbocycles. The van der Waals surface area contributed by atoms with Gasteiger partial charge in [-0.15, -0.1) is 11.3 Å². The van der Waals surface area contributed by atoms with Crippen molar-refractivity contribution in [3.63, 3.8) is 0 Å². The van der Waals surface area contributed by atoms with Gasteiger partial charge in [-0.1, -0.05) is 38.1 Å². The minimum Gasteiger partial charge on any atom is -0.325 e. The molecule has 2 heterocycles. The maximum Gasteiger partial charge on any atom is 0.336 e. The number of anilines is 1. The van der Waals surface area contributed by atoms with E-state index >= 15 is 0 Å². The minimum atomic E-state index is -0.772. The second-order valence-electron chi connectivity index (χ2n) is 7.42. The molecule has 31 heavy (non-hydrogen) atoms. The van der Waals surface area contributed by atoms with Crippen molar-refractivity contribution in [2.75, 3.05) is 5.32 Å². The molecule has 8 heteroatoms. The van der Waals surface area contributed by atoms with Crippen molar-refractivity contribution in [2.24, 2.45) is 0 Å². The van der Waals surface area contributed by atoms with Gasteiger partial charge in [0.15, 0.2) is 0 Å². The third-order valence-corrected chi connectivity index (χ3v) is 5.90.